The molecule has 2 aliphatic rings. The van der Waals surface area contributed by atoms with E-state index in [1.54, 1.807) is 17.6 Å². The van der Waals surface area contributed by atoms with Crippen LogP contribution in [0.15, 0.2) is 30.3 Å². The molecule has 0 saturated carbocycles. The predicted molar refractivity (Wildman–Crippen MR) is 133 cm³/mol. The van der Waals surface area contributed by atoms with Gasteiger partial charge in [-0.05, 0) is 11.6 Å². The molecule has 2 aliphatic heterocycles. The topological polar surface area (TPSA) is 82.0 Å². The zero-order chi connectivity index (χ0) is 22.8. The molecule has 10 heteroatoms. The molecule has 2 aromatic heterocycles. The van der Waals surface area contributed by atoms with Crippen LogP contribution in [-0.4, -0.2) is 87.2 Å². The Kier molecular flexibility index (Phi) is 7.00. The lowest BCUT2D eigenvalue weighted by Crippen LogP contribution is -2.46. The predicted octanol–water partition coefficient (Wildman–Crippen LogP) is 2.10. The number of benzene rings is 1. The fourth-order valence-corrected chi connectivity index (χ4v) is 6.12. The molecule has 33 heavy (non-hydrogen) atoms. The van der Waals surface area contributed by atoms with E-state index < -0.39 is 11.0 Å². The second-order valence-electron chi connectivity index (χ2n) is 8.38. The fourth-order valence-electron chi connectivity index (χ4n) is 4.29. The van der Waals surface area contributed by atoms with Gasteiger partial charge < -0.3 is 14.7 Å². The molecule has 1 N–H and O–H groups in total. The molecule has 8 nitrogen and oxygen atoms in total. The average Bonchev–Trinajstić information content (AvgIpc) is 3.26. The molecule has 0 spiro atoms. The number of hydrogen-bond donors (Lipinski definition) is 1. The summed E-state index contributed by atoms with van der Waals surface area (Å²) >= 11 is 1.77. The highest BCUT2D eigenvalue weighted by molar-refractivity contribution is 7.81. The standard InChI is InChI=1S/C23H29N5O3S2/c1-33(30)28-8-6-26(7-9-28)15-19-14-20-21(32-19)23(27-10-12-31-13-11-27)25-22(24-20)18-4-2-17(16-29)3-5-18/h2-5,14,29H,6-13,15-16H2,1H3. The van der Waals surface area contributed by atoms with Crippen LogP contribution in [0.3, 0.4) is 0 Å². The number of anilines is 1. The van der Waals surface area contributed by atoms with Crippen molar-refractivity contribution in [3.8, 4) is 11.4 Å². The summed E-state index contributed by atoms with van der Waals surface area (Å²) in [6, 6.07) is 9.97. The first-order valence-corrected chi connectivity index (χ1v) is 13.6. The maximum Gasteiger partial charge on any atom is 0.162 e. The van der Waals surface area contributed by atoms with E-state index in [2.05, 4.69) is 15.9 Å². The molecule has 0 radical (unpaired) electrons. The van der Waals surface area contributed by atoms with Crippen LogP contribution in [0.4, 0.5) is 5.82 Å². The van der Waals surface area contributed by atoms with Crippen molar-refractivity contribution in [2.24, 2.45) is 0 Å². The maximum atomic E-state index is 11.7. The van der Waals surface area contributed by atoms with Gasteiger partial charge in [-0.25, -0.2) is 18.5 Å². The van der Waals surface area contributed by atoms with Gasteiger partial charge in [0.25, 0.3) is 0 Å². The van der Waals surface area contributed by atoms with E-state index in [-0.39, 0.29) is 6.61 Å². The van der Waals surface area contributed by atoms with Crippen molar-refractivity contribution < 1.29 is 14.1 Å². The third kappa shape index (κ3) is 5.11. The Morgan fingerprint density at radius 2 is 1.79 bits per heavy atom. The first kappa shape index (κ1) is 22.8. The van der Waals surface area contributed by atoms with Crippen LogP contribution in [-0.2, 0) is 28.9 Å². The molecule has 3 aromatic rings. The number of morpholine rings is 1. The number of aliphatic hydroxyl groups is 1. The third-order valence-corrected chi connectivity index (χ3v) is 8.38. The number of aromatic nitrogens is 2. The Morgan fingerprint density at radius 1 is 1.06 bits per heavy atom. The van der Waals surface area contributed by atoms with Crippen LogP contribution in [0.2, 0.25) is 0 Å². The highest BCUT2D eigenvalue weighted by Gasteiger charge is 2.23. The lowest BCUT2D eigenvalue weighted by atomic mass is 10.1. The van der Waals surface area contributed by atoms with E-state index in [9.17, 15) is 9.32 Å². The smallest absolute Gasteiger partial charge is 0.162 e. The number of ether oxygens (including phenoxy) is 1. The molecule has 0 bridgehead atoms. The Bertz CT molecular complexity index is 1120. The molecule has 176 valence electrons. The second kappa shape index (κ2) is 10.1. The SMILES string of the molecule is CS(=O)N1CCN(Cc2cc3nc(-c4ccc(CO)cc4)nc(N4CCOCC4)c3s2)CC1. The number of rotatable bonds is 6. The van der Waals surface area contributed by atoms with Gasteiger partial charge in [-0.3, -0.25) is 4.90 Å². The Labute approximate surface area is 200 Å². The molecule has 2 saturated heterocycles. The molecule has 1 atom stereocenters. The quantitative estimate of drug-likeness (QED) is 0.570. The lowest BCUT2D eigenvalue weighted by molar-refractivity contribution is 0.122. The maximum absolute atomic E-state index is 11.7. The first-order valence-electron chi connectivity index (χ1n) is 11.2. The fraction of sp³-hybridized carbons (Fsp3) is 0.478. The largest absolute Gasteiger partial charge is 0.392 e. The number of hydrogen-bond acceptors (Lipinski definition) is 8. The molecule has 0 amide bonds. The molecular formula is C23H29N5O3S2. The summed E-state index contributed by atoms with van der Waals surface area (Å²) < 4.78 is 20.4. The van der Waals surface area contributed by atoms with E-state index in [0.717, 1.165) is 73.0 Å². The zero-order valence-corrected chi connectivity index (χ0v) is 20.4. The minimum absolute atomic E-state index is 0.0233. The summed E-state index contributed by atoms with van der Waals surface area (Å²) in [6.07, 6.45) is 1.75. The van der Waals surface area contributed by atoms with Crippen LogP contribution < -0.4 is 4.90 Å². The summed E-state index contributed by atoms with van der Waals surface area (Å²) in [5.74, 6) is 1.68. The van der Waals surface area contributed by atoms with Gasteiger partial charge >= 0.3 is 0 Å². The minimum Gasteiger partial charge on any atom is -0.392 e. The van der Waals surface area contributed by atoms with Crippen molar-refractivity contribution in [1.82, 2.24) is 19.2 Å². The van der Waals surface area contributed by atoms with Crippen LogP contribution in [0, 0.1) is 0 Å². The number of piperazine rings is 1. The summed E-state index contributed by atoms with van der Waals surface area (Å²) in [4.78, 5) is 15.9. The van der Waals surface area contributed by atoms with Crippen molar-refractivity contribution in [3.63, 3.8) is 0 Å². The van der Waals surface area contributed by atoms with Crippen molar-refractivity contribution in [1.29, 1.82) is 0 Å². The monoisotopic (exact) mass is 487 g/mol. The van der Waals surface area contributed by atoms with Gasteiger partial charge in [0.2, 0.25) is 0 Å². The molecule has 5 rings (SSSR count). The summed E-state index contributed by atoms with van der Waals surface area (Å²) in [7, 11) is -0.894. The van der Waals surface area contributed by atoms with Gasteiger partial charge in [0, 0.05) is 62.5 Å². The van der Waals surface area contributed by atoms with Crippen LogP contribution in [0.25, 0.3) is 21.6 Å². The second-order valence-corrected chi connectivity index (χ2v) is 10.9. The summed E-state index contributed by atoms with van der Waals surface area (Å²) in [5.41, 5.74) is 2.79. The van der Waals surface area contributed by atoms with Gasteiger partial charge in [0.1, 0.15) is 0 Å². The van der Waals surface area contributed by atoms with Crippen molar-refractivity contribution in [2.45, 2.75) is 13.2 Å². The minimum atomic E-state index is -0.894. The van der Waals surface area contributed by atoms with Crippen LogP contribution in [0.1, 0.15) is 10.4 Å². The molecule has 4 heterocycles. The first-order chi connectivity index (χ1) is 16.1. The molecular weight excluding hydrogens is 458 g/mol. The van der Waals surface area contributed by atoms with Gasteiger partial charge in [0.15, 0.2) is 11.6 Å². The van der Waals surface area contributed by atoms with Crippen molar-refractivity contribution in [3.05, 3.63) is 40.8 Å². The van der Waals surface area contributed by atoms with Crippen LogP contribution >= 0.6 is 11.3 Å². The Balaban J connectivity index is 1.45. The van der Waals surface area contributed by atoms with E-state index in [0.29, 0.717) is 19.0 Å². The van der Waals surface area contributed by atoms with Crippen molar-refractivity contribution in [2.75, 3.05) is 63.6 Å². The van der Waals surface area contributed by atoms with Gasteiger partial charge in [-0.15, -0.1) is 11.3 Å². The third-order valence-electron chi connectivity index (χ3n) is 6.18. The zero-order valence-electron chi connectivity index (χ0n) is 18.8. The highest BCUT2D eigenvalue weighted by Crippen LogP contribution is 2.35. The van der Waals surface area contributed by atoms with Gasteiger partial charge in [0.05, 0.1) is 41.0 Å². The average molecular weight is 488 g/mol. The lowest BCUT2D eigenvalue weighted by Gasteiger charge is -2.32. The Hall–Kier alpha value is -1.95. The van der Waals surface area contributed by atoms with Gasteiger partial charge in [-0.1, -0.05) is 24.3 Å². The summed E-state index contributed by atoms with van der Waals surface area (Å²) in [5, 5.41) is 9.36. The van der Waals surface area contributed by atoms with Gasteiger partial charge in [-0.2, -0.15) is 0 Å². The number of aliphatic hydroxyl groups excluding tert-OH is 1. The van der Waals surface area contributed by atoms with E-state index in [1.807, 2.05) is 28.6 Å². The Morgan fingerprint density at radius 3 is 2.45 bits per heavy atom. The highest BCUT2D eigenvalue weighted by atomic mass is 32.2. The molecule has 2 fully saturated rings. The van der Waals surface area contributed by atoms with Crippen molar-refractivity contribution >= 4 is 38.4 Å². The van der Waals surface area contributed by atoms with E-state index >= 15 is 0 Å². The molecule has 1 unspecified atom stereocenters. The normalized spacial score (nSPS) is 19.3. The molecule has 1 aromatic carbocycles. The number of nitrogens with zero attached hydrogens (tertiary/aromatic N) is 5. The summed E-state index contributed by atoms with van der Waals surface area (Å²) in [6.45, 7) is 7.43. The number of fused-ring (bicyclic) bond motifs is 1. The van der Waals surface area contributed by atoms with Crippen LogP contribution in [0.5, 0.6) is 0 Å². The molecule has 0 aliphatic carbocycles. The van der Waals surface area contributed by atoms with E-state index in [1.165, 1.54) is 4.88 Å². The van der Waals surface area contributed by atoms with E-state index in [4.69, 9.17) is 14.7 Å². The number of thiophene rings is 1.